The van der Waals surface area contributed by atoms with Crippen LogP contribution >= 0.6 is 23.1 Å². The van der Waals surface area contributed by atoms with Gasteiger partial charge in [0.05, 0.1) is 5.69 Å². The third-order valence-corrected chi connectivity index (χ3v) is 5.31. The second-order valence-electron chi connectivity index (χ2n) is 5.25. The Kier molecular flexibility index (Phi) is 5.98. The van der Waals surface area contributed by atoms with Crippen molar-refractivity contribution in [3.05, 3.63) is 10.6 Å². The van der Waals surface area contributed by atoms with Gasteiger partial charge in [0.1, 0.15) is 0 Å². The first-order chi connectivity index (χ1) is 9.20. The third-order valence-electron chi connectivity index (χ3n) is 3.21. The molecular formula is C14H25N3S2. The van der Waals surface area contributed by atoms with E-state index in [1.807, 2.05) is 11.3 Å². The predicted octanol–water partition coefficient (Wildman–Crippen LogP) is 3.15. The highest BCUT2D eigenvalue weighted by molar-refractivity contribution is 7.99. The van der Waals surface area contributed by atoms with Crippen LogP contribution < -0.4 is 10.2 Å². The highest BCUT2D eigenvalue weighted by Crippen LogP contribution is 2.29. The first-order valence-corrected chi connectivity index (χ1v) is 9.22. The van der Waals surface area contributed by atoms with Crippen LogP contribution in [0, 0.1) is 0 Å². The molecule has 2 heterocycles. The van der Waals surface area contributed by atoms with Gasteiger partial charge in [-0.25, -0.2) is 4.98 Å². The summed E-state index contributed by atoms with van der Waals surface area (Å²) < 4.78 is 0. The summed E-state index contributed by atoms with van der Waals surface area (Å²) in [5.74, 6) is 2.48. The summed E-state index contributed by atoms with van der Waals surface area (Å²) in [6.45, 7) is 9.90. The molecule has 1 aromatic rings. The van der Waals surface area contributed by atoms with E-state index in [0.29, 0.717) is 6.04 Å². The van der Waals surface area contributed by atoms with Crippen LogP contribution in [-0.2, 0) is 13.0 Å². The van der Waals surface area contributed by atoms with Crippen LogP contribution in [0.3, 0.4) is 0 Å². The van der Waals surface area contributed by atoms with Crippen LogP contribution in [0.4, 0.5) is 5.13 Å². The summed E-state index contributed by atoms with van der Waals surface area (Å²) in [5.41, 5.74) is 1.31. The number of hydrogen-bond acceptors (Lipinski definition) is 5. The third kappa shape index (κ3) is 4.36. The van der Waals surface area contributed by atoms with Crippen LogP contribution in [0.2, 0.25) is 0 Å². The predicted molar refractivity (Wildman–Crippen MR) is 87.6 cm³/mol. The summed E-state index contributed by atoms with van der Waals surface area (Å²) in [6, 6.07) is 0.534. The zero-order chi connectivity index (χ0) is 13.7. The van der Waals surface area contributed by atoms with Gasteiger partial charge in [-0.1, -0.05) is 27.2 Å². The Morgan fingerprint density at radius 2 is 2.05 bits per heavy atom. The molecule has 19 heavy (non-hydrogen) atoms. The van der Waals surface area contributed by atoms with E-state index in [1.54, 1.807) is 0 Å². The van der Waals surface area contributed by atoms with Gasteiger partial charge in [-0.05, 0) is 6.42 Å². The van der Waals surface area contributed by atoms with Gasteiger partial charge in [-0.2, -0.15) is 11.8 Å². The normalized spacial score (nSPS) is 16.3. The van der Waals surface area contributed by atoms with Crippen molar-refractivity contribution in [2.24, 2.45) is 0 Å². The SMILES string of the molecule is CCCc1nc(N2CCSCC2)sc1CNC(C)C. The van der Waals surface area contributed by atoms with E-state index < -0.39 is 0 Å². The van der Waals surface area contributed by atoms with Crippen LogP contribution in [-0.4, -0.2) is 35.6 Å². The maximum Gasteiger partial charge on any atom is 0.185 e. The lowest BCUT2D eigenvalue weighted by molar-refractivity contribution is 0.589. The number of nitrogens with zero attached hydrogens (tertiary/aromatic N) is 2. The minimum absolute atomic E-state index is 0.534. The summed E-state index contributed by atoms with van der Waals surface area (Å²) in [5, 5.41) is 4.76. The zero-order valence-electron chi connectivity index (χ0n) is 12.2. The molecular weight excluding hydrogens is 274 g/mol. The van der Waals surface area contributed by atoms with E-state index in [0.717, 1.165) is 26.1 Å². The molecule has 0 saturated carbocycles. The maximum absolute atomic E-state index is 4.90. The van der Waals surface area contributed by atoms with E-state index in [9.17, 15) is 0 Å². The van der Waals surface area contributed by atoms with Crippen molar-refractivity contribution in [3.63, 3.8) is 0 Å². The number of thiazole rings is 1. The van der Waals surface area contributed by atoms with Crippen molar-refractivity contribution < 1.29 is 0 Å². The minimum atomic E-state index is 0.534. The Hall–Kier alpha value is -0.260. The van der Waals surface area contributed by atoms with E-state index in [2.05, 4.69) is 42.7 Å². The van der Waals surface area contributed by atoms with Crippen molar-refractivity contribution in [1.29, 1.82) is 0 Å². The topological polar surface area (TPSA) is 28.2 Å². The molecule has 0 radical (unpaired) electrons. The molecule has 1 fully saturated rings. The number of thioether (sulfide) groups is 1. The van der Waals surface area contributed by atoms with Gasteiger partial charge >= 0.3 is 0 Å². The average Bonchev–Trinajstić information content (AvgIpc) is 2.81. The van der Waals surface area contributed by atoms with Crippen LogP contribution in [0.1, 0.15) is 37.8 Å². The Balaban J connectivity index is 2.08. The molecule has 0 bridgehead atoms. The first-order valence-electron chi connectivity index (χ1n) is 7.25. The summed E-state index contributed by atoms with van der Waals surface area (Å²) in [6.07, 6.45) is 2.28. The van der Waals surface area contributed by atoms with Crippen molar-refractivity contribution >= 4 is 28.2 Å². The number of hydrogen-bond donors (Lipinski definition) is 1. The fourth-order valence-corrected chi connectivity index (χ4v) is 4.14. The molecule has 0 atom stereocenters. The van der Waals surface area contributed by atoms with Crippen molar-refractivity contribution in [1.82, 2.24) is 10.3 Å². The molecule has 0 amide bonds. The largest absolute Gasteiger partial charge is 0.346 e. The molecule has 1 N–H and O–H groups in total. The fraction of sp³-hybridized carbons (Fsp3) is 0.786. The number of aromatic nitrogens is 1. The molecule has 0 aromatic carbocycles. The Labute approximate surface area is 125 Å². The molecule has 0 aliphatic carbocycles. The number of rotatable bonds is 6. The lowest BCUT2D eigenvalue weighted by Crippen LogP contribution is -2.32. The molecule has 1 aliphatic rings. The summed E-state index contributed by atoms with van der Waals surface area (Å²) >= 11 is 3.94. The smallest absolute Gasteiger partial charge is 0.185 e. The van der Waals surface area contributed by atoms with Gasteiger partial charge in [0.15, 0.2) is 5.13 Å². The van der Waals surface area contributed by atoms with Gasteiger partial charge in [-0.3, -0.25) is 0 Å². The molecule has 0 unspecified atom stereocenters. The average molecular weight is 300 g/mol. The molecule has 5 heteroatoms. The Bertz CT molecular complexity index is 384. The number of anilines is 1. The highest BCUT2D eigenvalue weighted by Gasteiger charge is 2.18. The van der Waals surface area contributed by atoms with Crippen molar-refractivity contribution in [2.75, 3.05) is 29.5 Å². The number of nitrogens with one attached hydrogen (secondary N) is 1. The van der Waals surface area contributed by atoms with Gasteiger partial charge in [-0.15, -0.1) is 11.3 Å². The molecule has 3 nitrogen and oxygen atoms in total. The van der Waals surface area contributed by atoms with Gasteiger partial charge < -0.3 is 10.2 Å². The minimum Gasteiger partial charge on any atom is -0.346 e. The van der Waals surface area contributed by atoms with E-state index in [-0.39, 0.29) is 0 Å². The quantitative estimate of drug-likeness (QED) is 0.873. The van der Waals surface area contributed by atoms with Crippen molar-refractivity contribution in [2.45, 2.75) is 46.2 Å². The van der Waals surface area contributed by atoms with Crippen molar-refractivity contribution in [3.8, 4) is 0 Å². The summed E-state index contributed by atoms with van der Waals surface area (Å²) in [7, 11) is 0. The Morgan fingerprint density at radius 3 is 2.68 bits per heavy atom. The maximum atomic E-state index is 4.90. The second-order valence-corrected chi connectivity index (χ2v) is 7.54. The monoisotopic (exact) mass is 299 g/mol. The Morgan fingerprint density at radius 1 is 1.32 bits per heavy atom. The van der Waals surface area contributed by atoms with E-state index in [4.69, 9.17) is 4.98 Å². The van der Waals surface area contributed by atoms with Crippen LogP contribution in [0.25, 0.3) is 0 Å². The lowest BCUT2D eigenvalue weighted by atomic mass is 10.2. The molecule has 1 aliphatic heterocycles. The van der Waals surface area contributed by atoms with E-state index >= 15 is 0 Å². The lowest BCUT2D eigenvalue weighted by Gasteiger charge is -2.25. The highest BCUT2D eigenvalue weighted by atomic mass is 32.2. The zero-order valence-corrected chi connectivity index (χ0v) is 13.9. The van der Waals surface area contributed by atoms with Gasteiger partial charge in [0.2, 0.25) is 0 Å². The molecule has 0 spiro atoms. The summed E-state index contributed by atoms with van der Waals surface area (Å²) in [4.78, 5) is 8.79. The second kappa shape index (κ2) is 7.50. The molecule has 1 saturated heterocycles. The van der Waals surface area contributed by atoms with Gasteiger partial charge in [0.25, 0.3) is 0 Å². The molecule has 2 rings (SSSR count). The van der Waals surface area contributed by atoms with Crippen LogP contribution in [0.5, 0.6) is 0 Å². The van der Waals surface area contributed by atoms with Crippen LogP contribution in [0.15, 0.2) is 0 Å². The molecule has 108 valence electrons. The fourth-order valence-electron chi connectivity index (χ4n) is 2.13. The standard InChI is InChI=1S/C14H25N3S2/c1-4-5-12-13(10-15-11(2)3)19-14(16-12)17-6-8-18-9-7-17/h11,15H,4-10H2,1-3H3. The molecule has 1 aromatic heterocycles. The number of aryl methyl sites for hydroxylation is 1. The van der Waals surface area contributed by atoms with Gasteiger partial charge in [0, 0.05) is 42.1 Å². The first kappa shape index (κ1) is 15.1. The van der Waals surface area contributed by atoms with E-state index in [1.165, 1.54) is 33.6 Å².